The Morgan fingerprint density at radius 3 is 2.15 bits per heavy atom. The lowest BCUT2D eigenvalue weighted by atomic mass is 10.0. The van der Waals surface area contributed by atoms with Gasteiger partial charge in [-0.1, -0.05) is 13.8 Å². The molecule has 0 bridgehead atoms. The summed E-state index contributed by atoms with van der Waals surface area (Å²) in [5.74, 6) is -3.81. The van der Waals surface area contributed by atoms with Crippen LogP contribution < -0.4 is 27.4 Å². The van der Waals surface area contributed by atoms with Crippen molar-refractivity contribution in [2.24, 2.45) is 17.4 Å². The van der Waals surface area contributed by atoms with Gasteiger partial charge in [-0.3, -0.25) is 24.0 Å². The molecule has 33 heavy (non-hydrogen) atoms. The molecular weight excluding hydrogens is 434 g/mol. The lowest BCUT2D eigenvalue weighted by molar-refractivity contribution is -0.142. The number of rotatable bonds is 14. The Bertz CT molecular complexity index is 827. The molecule has 0 fully saturated rings. The molecule has 0 radical (unpaired) electrons. The molecule has 0 aliphatic heterocycles. The minimum atomic E-state index is -1.22. The maximum absolute atomic E-state index is 13.0. The lowest BCUT2D eigenvalue weighted by Crippen LogP contribution is -2.57. The third kappa shape index (κ3) is 10.1. The average molecular weight is 468 g/mol. The fraction of sp³-hybridized carbons (Fsp3) is 0.600. The number of hydrogen-bond donors (Lipinski definition) is 7. The average Bonchev–Trinajstić information content (AvgIpc) is 3.23. The van der Waals surface area contributed by atoms with Gasteiger partial charge in [0.2, 0.25) is 23.6 Å². The summed E-state index contributed by atoms with van der Waals surface area (Å²) >= 11 is 0. The van der Waals surface area contributed by atoms with Crippen LogP contribution in [0.15, 0.2) is 12.5 Å². The number of carbonyl (C=O) groups is 5. The summed E-state index contributed by atoms with van der Waals surface area (Å²) < 4.78 is 0. The number of amides is 4. The number of H-pyrrole nitrogens is 1. The first-order valence-corrected chi connectivity index (χ1v) is 10.6. The Balaban J connectivity index is 2.98. The van der Waals surface area contributed by atoms with Crippen LogP contribution >= 0.6 is 0 Å². The van der Waals surface area contributed by atoms with E-state index >= 15 is 0 Å². The van der Waals surface area contributed by atoms with E-state index in [2.05, 4.69) is 25.9 Å². The molecule has 0 spiro atoms. The van der Waals surface area contributed by atoms with Crippen LogP contribution in [0.5, 0.6) is 0 Å². The highest BCUT2D eigenvalue weighted by Crippen LogP contribution is 2.08. The Kier molecular flexibility index (Phi) is 11.0. The molecular formula is C20H33N7O6. The first-order chi connectivity index (χ1) is 15.4. The van der Waals surface area contributed by atoms with Crippen LogP contribution in [0.3, 0.4) is 0 Å². The van der Waals surface area contributed by atoms with Gasteiger partial charge in [0.25, 0.3) is 0 Å². The molecule has 4 unspecified atom stereocenters. The molecule has 0 aliphatic carbocycles. The van der Waals surface area contributed by atoms with Crippen molar-refractivity contribution in [1.29, 1.82) is 0 Å². The zero-order chi connectivity index (χ0) is 25.1. The highest BCUT2D eigenvalue weighted by atomic mass is 16.4. The second-order valence-corrected chi connectivity index (χ2v) is 8.21. The van der Waals surface area contributed by atoms with E-state index in [1.54, 1.807) is 0 Å². The molecule has 4 amide bonds. The van der Waals surface area contributed by atoms with E-state index in [1.165, 1.54) is 19.4 Å². The largest absolute Gasteiger partial charge is 0.480 e. The minimum absolute atomic E-state index is 0.00375. The maximum Gasteiger partial charge on any atom is 0.325 e. The zero-order valence-corrected chi connectivity index (χ0v) is 19.0. The first kappa shape index (κ1) is 27.6. The van der Waals surface area contributed by atoms with Crippen molar-refractivity contribution >= 4 is 29.6 Å². The molecule has 1 heterocycles. The van der Waals surface area contributed by atoms with Gasteiger partial charge in [-0.05, 0) is 25.7 Å². The van der Waals surface area contributed by atoms with E-state index in [9.17, 15) is 24.0 Å². The second-order valence-electron chi connectivity index (χ2n) is 8.21. The monoisotopic (exact) mass is 467 g/mol. The lowest BCUT2D eigenvalue weighted by Gasteiger charge is -2.25. The van der Waals surface area contributed by atoms with Crippen molar-refractivity contribution in [1.82, 2.24) is 25.9 Å². The molecule has 1 aromatic rings. The molecule has 13 heteroatoms. The van der Waals surface area contributed by atoms with Crippen molar-refractivity contribution in [3.63, 3.8) is 0 Å². The van der Waals surface area contributed by atoms with Gasteiger partial charge < -0.3 is 37.5 Å². The van der Waals surface area contributed by atoms with E-state index in [0.717, 1.165) is 0 Å². The van der Waals surface area contributed by atoms with E-state index < -0.39 is 53.8 Å². The van der Waals surface area contributed by atoms with Crippen LogP contribution in [0.25, 0.3) is 0 Å². The Labute approximate surface area is 191 Å². The highest BCUT2D eigenvalue weighted by Gasteiger charge is 2.30. The molecule has 184 valence electrons. The minimum Gasteiger partial charge on any atom is -0.480 e. The SMILES string of the molecule is CC(C)CC(NC(=O)C(Cc1cnc[nH]1)NC(=O)C(N)CCC(N)=O)C(=O)NC(C)C(=O)O. The van der Waals surface area contributed by atoms with Gasteiger partial charge in [-0.25, -0.2) is 4.98 Å². The Morgan fingerprint density at radius 1 is 1.03 bits per heavy atom. The van der Waals surface area contributed by atoms with Crippen LogP contribution in [0.2, 0.25) is 0 Å². The summed E-state index contributed by atoms with van der Waals surface area (Å²) in [6.45, 7) is 4.99. The van der Waals surface area contributed by atoms with Crippen molar-refractivity contribution in [3.8, 4) is 0 Å². The van der Waals surface area contributed by atoms with Gasteiger partial charge in [0.15, 0.2) is 0 Å². The number of nitrogens with two attached hydrogens (primary N) is 2. The van der Waals surface area contributed by atoms with Crippen molar-refractivity contribution < 1.29 is 29.1 Å². The molecule has 0 saturated heterocycles. The predicted octanol–water partition coefficient (Wildman–Crippen LogP) is -1.85. The number of nitrogens with one attached hydrogen (secondary N) is 4. The standard InChI is InChI=1S/C20H33N7O6/c1-10(2)6-14(18(30)25-11(3)20(32)33)27-19(31)15(7-12-8-23-9-24-12)26-17(29)13(21)4-5-16(22)28/h8-11,13-15H,4-7,21H2,1-3H3,(H2,22,28)(H,23,24)(H,25,30)(H,26,29)(H,27,31)(H,32,33). The fourth-order valence-corrected chi connectivity index (χ4v) is 2.88. The number of nitrogens with zero attached hydrogens (tertiary/aromatic N) is 1. The van der Waals surface area contributed by atoms with Crippen molar-refractivity contribution in [2.75, 3.05) is 0 Å². The molecule has 0 aliphatic rings. The van der Waals surface area contributed by atoms with Gasteiger partial charge in [-0.15, -0.1) is 0 Å². The van der Waals surface area contributed by atoms with Gasteiger partial charge in [0.1, 0.15) is 18.1 Å². The number of carbonyl (C=O) groups excluding carboxylic acids is 4. The number of aromatic nitrogens is 2. The number of hydrogen-bond acceptors (Lipinski definition) is 7. The van der Waals surface area contributed by atoms with Crippen LogP contribution in [-0.2, 0) is 30.4 Å². The van der Waals surface area contributed by atoms with Crippen molar-refractivity contribution in [2.45, 2.75) is 70.6 Å². The highest BCUT2D eigenvalue weighted by molar-refractivity contribution is 5.94. The molecule has 1 rings (SSSR count). The van der Waals surface area contributed by atoms with Gasteiger partial charge in [0.05, 0.1) is 12.4 Å². The van der Waals surface area contributed by atoms with Crippen LogP contribution in [0.4, 0.5) is 0 Å². The molecule has 13 nitrogen and oxygen atoms in total. The zero-order valence-electron chi connectivity index (χ0n) is 19.0. The van der Waals surface area contributed by atoms with E-state index in [4.69, 9.17) is 16.6 Å². The first-order valence-electron chi connectivity index (χ1n) is 10.6. The number of primary amides is 1. The normalized spacial score (nSPS) is 14.6. The van der Waals surface area contributed by atoms with E-state index in [-0.39, 0.29) is 31.6 Å². The van der Waals surface area contributed by atoms with Gasteiger partial charge in [0, 0.05) is 24.7 Å². The van der Waals surface area contributed by atoms with Crippen LogP contribution in [0.1, 0.15) is 45.7 Å². The molecule has 0 aromatic carbocycles. The molecule has 9 N–H and O–H groups in total. The number of imidazole rings is 1. The number of carboxylic acid groups (broad SMARTS) is 1. The molecule has 0 saturated carbocycles. The van der Waals surface area contributed by atoms with E-state index in [0.29, 0.717) is 5.69 Å². The Morgan fingerprint density at radius 2 is 1.64 bits per heavy atom. The summed E-state index contributed by atoms with van der Waals surface area (Å²) in [4.78, 5) is 66.8. The topological polar surface area (TPSA) is 222 Å². The maximum atomic E-state index is 13.0. The second kappa shape index (κ2) is 13.2. The fourth-order valence-electron chi connectivity index (χ4n) is 2.88. The van der Waals surface area contributed by atoms with Crippen LogP contribution in [-0.4, -0.2) is 68.8 Å². The summed E-state index contributed by atoms with van der Waals surface area (Å²) in [7, 11) is 0. The Hall–Kier alpha value is -3.48. The third-order valence-corrected chi connectivity index (χ3v) is 4.72. The third-order valence-electron chi connectivity index (χ3n) is 4.72. The number of carboxylic acids is 1. The quantitative estimate of drug-likeness (QED) is 0.164. The smallest absolute Gasteiger partial charge is 0.325 e. The van der Waals surface area contributed by atoms with Crippen LogP contribution in [0, 0.1) is 5.92 Å². The summed E-state index contributed by atoms with van der Waals surface area (Å²) in [6, 6.07) is -4.35. The van der Waals surface area contributed by atoms with Gasteiger partial charge >= 0.3 is 5.97 Å². The summed E-state index contributed by atoms with van der Waals surface area (Å²) in [6.07, 6.45) is 3.07. The molecule has 1 aromatic heterocycles. The van der Waals surface area contributed by atoms with Gasteiger partial charge in [-0.2, -0.15) is 0 Å². The summed E-state index contributed by atoms with van der Waals surface area (Å²) in [5.41, 5.74) is 11.4. The predicted molar refractivity (Wildman–Crippen MR) is 117 cm³/mol. The van der Waals surface area contributed by atoms with Crippen molar-refractivity contribution in [3.05, 3.63) is 18.2 Å². The van der Waals surface area contributed by atoms with E-state index in [1.807, 2.05) is 13.8 Å². The number of aliphatic carboxylic acids is 1. The number of aromatic amines is 1. The molecule has 4 atom stereocenters. The summed E-state index contributed by atoms with van der Waals surface area (Å²) in [5, 5.41) is 16.5.